The van der Waals surface area contributed by atoms with Gasteiger partial charge in [-0.15, -0.1) is 0 Å². The van der Waals surface area contributed by atoms with Crippen LogP contribution in [-0.4, -0.2) is 5.97 Å². The van der Waals surface area contributed by atoms with E-state index in [0.29, 0.717) is 16.3 Å². The lowest BCUT2D eigenvalue weighted by molar-refractivity contribution is 0.0474. The van der Waals surface area contributed by atoms with Crippen molar-refractivity contribution < 1.29 is 9.53 Å². The third kappa shape index (κ3) is 3.48. The molecule has 2 aromatic carbocycles. The van der Waals surface area contributed by atoms with Crippen LogP contribution in [0.3, 0.4) is 0 Å². The highest BCUT2D eigenvalue weighted by atomic mass is 35.5. The van der Waals surface area contributed by atoms with Gasteiger partial charge in [0.05, 0.1) is 5.56 Å². The first-order chi connectivity index (χ1) is 9.06. The summed E-state index contributed by atoms with van der Waals surface area (Å²) in [6, 6.07) is 12.5. The first-order valence-electron chi connectivity index (χ1n) is 5.84. The van der Waals surface area contributed by atoms with Crippen LogP contribution in [-0.2, 0) is 11.3 Å². The summed E-state index contributed by atoms with van der Waals surface area (Å²) in [5.74, 6) is -0.448. The maximum atomic E-state index is 11.9. The average molecular weight is 276 g/mol. The fourth-order valence-electron chi connectivity index (χ4n) is 1.75. The number of carbonyl (C=O) groups is 1. The summed E-state index contributed by atoms with van der Waals surface area (Å²) in [4.78, 5) is 11.9. The summed E-state index contributed by atoms with van der Waals surface area (Å²) in [7, 11) is 0. The predicted molar refractivity (Wildman–Crippen MR) is 76.2 cm³/mol. The summed E-state index contributed by atoms with van der Waals surface area (Å²) >= 11 is 5.78. The molecule has 0 bridgehead atoms. The van der Waals surface area contributed by atoms with E-state index in [0.717, 1.165) is 11.1 Å². The maximum absolute atomic E-state index is 11.9. The van der Waals surface area contributed by atoms with E-state index in [1.165, 1.54) is 6.07 Å². The molecule has 0 aromatic heterocycles. The molecule has 2 rings (SSSR count). The Kier molecular flexibility index (Phi) is 4.07. The number of hydrogen-bond donors (Lipinski definition) is 1. The normalized spacial score (nSPS) is 10.2. The molecule has 2 aromatic rings. The number of nitrogens with two attached hydrogens (primary N) is 1. The highest BCUT2D eigenvalue weighted by Gasteiger charge is 2.11. The van der Waals surface area contributed by atoms with Crippen LogP contribution in [0.15, 0.2) is 42.5 Å². The number of carbonyl (C=O) groups excluding carboxylic acids is 1. The van der Waals surface area contributed by atoms with Gasteiger partial charge in [-0.2, -0.15) is 0 Å². The van der Waals surface area contributed by atoms with Gasteiger partial charge in [0.25, 0.3) is 0 Å². The molecule has 0 unspecified atom stereocenters. The highest BCUT2D eigenvalue weighted by Crippen LogP contribution is 2.19. The quantitative estimate of drug-likeness (QED) is 0.688. The van der Waals surface area contributed by atoms with Crippen molar-refractivity contribution in [2.45, 2.75) is 13.5 Å². The minimum absolute atomic E-state index is 0.225. The summed E-state index contributed by atoms with van der Waals surface area (Å²) in [5.41, 5.74) is 8.45. The Morgan fingerprint density at radius 3 is 2.74 bits per heavy atom. The van der Waals surface area contributed by atoms with E-state index < -0.39 is 5.97 Å². The van der Waals surface area contributed by atoms with E-state index in [9.17, 15) is 4.79 Å². The van der Waals surface area contributed by atoms with Gasteiger partial charge in [-0.3, -0.25) is 0 Å². The van der Waals surface area contributed by atoms with Crippen LogP contribution < -0.4 is 5.73 Å². The molecule has 98 valence electrons. The molecule has 0 saturated carbocycles. The zero-order chi connectivity index (χ0) is 13.8. The minimum Gasteiger partial charge on any atom is -0.457 e. The monoisotopic (exact) mass is 275 g/mol. The molecule has 0 saturated heterocycles. The standard InChI is InChI=1S/C15H14ClNO2/c1-10-3-2-4-11(7-10)9-19-15(18)13-6-5-12(16)8-14(13)17/h2-8H,9,17H2,1H3. The van der Waals surface area contributed by atoms with Crippen molar-refractivity contribution in [3.05, 3.63) is 64.2 Å². The number of rotatable bonds is 3. The number of benzene rings is 2. The van der Waals surface area contributed by atoms with Crippen molar-refractivity contribution >= 4 is 23.3 Å². The van der Waals surface area contributed by atoms with Crippen LogP contribution in [0.5, 0.6) is 0 Å². The van der Waals surface area contributed by atoms with Gasteiger partial charge in [0.15, 0.2) is 0 Å². The maximum Gasteiger partial charge on any atom is 0.340 e. The summed E-state index contributed by atoms with van der Waals surface area (Å²) in [5, 5.41) is 0.493. The zero-order valence-electron chi connectivity index (χ0n) is 10.5. The Bertz CT molecular complexity index is 611. The van der Waals surface area contributed by atoms with Crippen molar-refractivity contribution in [3.8, 4) is 0 Å². The molecule has 0 aliphatic heterocycles. The lowest BCUT2D eigenvalue weighted by Crippen LogP contribution is -2.08. The molecule has 4 heteroatoms. The van der Waals surface area contributed by atoms with E-state index in [4.69, 9.17) is 22.1 Å². The van der Waals surface area contributed by atoms with Gasteiger partial charge < -0.3 is 10.5 Å². The molecule has 3 nitrogen and oxygen atoms in total. The number of aryl methyl sites for hydroxylation is 1. The van der Waals surface area contributed by atoms with Crippen LogP contribution in [0.2, 0.25) is 5.02 Å². The number of hydrogen-bond acceptors (Lipinski definition) is 3. The third-order valence-corrected chi connectivity index (χ3v) is 2.92. The van der Waals surface area contributed by atoms with Crippen LogP contribution in [0.1, 0.15) is 21.5 Å². The van der Waals surface area contributed by atoms with E-state index in [2.05, 4.69) is 0 Å². The van der Waals surface area contributed by atoms with Crippen molar-refractivity contribution in [1.82, 2.24) is 0 Å². The molecule has 19 heavy (non-hydrogen) atoms. The first-order valence-corrected chi connectivity index (χ1v) is 6.22. The topological polar surface area (TPSA) is 52.3 Å². The van der Waals surface area contributed by atoms with Gasteiger partial charge >= 0.3 is 5.97 Å². The van der Waals surface area contributed by atoms with Crippen LogP contribution in [0.25, 0.3) is 0 Å². The molecule has 0 amide bonds. The molecule has 0 radical (unpaired) electrons. The lowest BCUT2D eigenvalue weighted by atomic mass is 10.1. The summed E-state index contributed by atoms with van der Waals surface area (Å²) in [6.45, 7) is 2.21. The smallest absolute Gasteiger partial charge is 0.340 e. The average Bonchev–Trinajstić information content (AvgIpc) is 2.36. The van der Waals surface area contributed by atoms with Gasteiger partial charge in [-0.1, -0.05) is 41.4 Å². The number of esters is 1. The second-order valence-corrected chi connectivity index (χ2v) is 4.73. The first kappa shape index (κ1) is 13.4. The highest BCUT2D eigenvalue weighted by molar-refractivity contribution is 6.31. The molecule has 0 atom stereocenters. The van der Waals surface area contributed by atoms with Gasteiger partial charge in [0, 0.05) is 10.7 Å². The molecule has 2 N–H and O–H groups in total. The molecular weight excluding hydrogens is 262 g/mol. The Morgan fingerprint density at radius 1 is 1.26 bits per heavy atom. The molecule has 0 heterocycles. The Morgan fingerprint density at radius 2 is 2.05 bits per heavy atom. The number of nitrogen functional groups attached to an aromatic ring is 1. The van der Waals surface area contributed by atoms with Crippen molar-refractivity contribution in [3.63, 3.8) is 0 Å². The Balaban J connectivity index is 2.05. The number of ether oxygens (including phenoxy) is 1. The predicted octanol–water partition coefficient (Wildman–Crippen LogP) is 3.59. The van der Waals surface area contributed by atoms with Gasteiger partial charge in [0.1, 0.15) is 6.61 Å². The number of anilines is 1. The van der Waals surface area contributed by atoms with E-state index in [1.807, 2.05) is 31.2 Å². The Hall–Kier alpha value is -2.00. The van der Waals surface area contributed by atoms with Crippen molar-refractivity contribution in [2.75, 3.05) is 5.73 Å². The van der Waals surface area contributed by atoms with Crippen LogP contribution >= 0.6 is 11.6 Å². The molecule has 0 spiro atoms. The van der Waals surface area contributed by atoms with Crippen molar-refractivity contribution in [1.29, 1.82) is 0 Å². The second kappa shape index (κ2) is 5.76. The van der Waals surface area contributed by atoms with Crippen molar-refractivity contribution in [2.24, 2.45) is 0 Å². The van der Waals surface area contributed by atoms with E-state index in [1.54, 1.807) is 12.1 Å². The SMILES string of the molecule is Cc1cccc(COC(=O)c2ccc(Cl)cc2N)c1. The van der Waals surface area contributed by atoms with E-state index >= 15 is 0 Å². The minimum atomic E-state index is -0.448. The Labute approximate surface area is 117 Å². The fraction of sp³-hybridized carbons (Fsp3) is 0.133. The van der Waals surface area contributed by atoms with Gasteiger partial charge in [-0.05, 0) is 30.7 Å². The van der Waals surface area contributed by atoms with Crippen LogP contribution in [0, 0.1) is 6.92 Å². The molecule has 0 fully saturated rings. The lowest BCUT2D eigenvalue weighted by Gasteiger charge is -2.07. The summed E-state index contributed by atoms with van der Waals surface area (Å²) < 4.78 is 5.23. The van der Waals surface area contributed by atoms with Gasteiger partial charge in [-0.25, -0.2) is 4.79 Å². The molecule has 0 aliphatic rings. The van der Waals surface area contributed by atoms with Gasteiger partial charge in [0.2, 0.25) is 0 Å². The fourth-order valence-corrected chi connectivity index (χ4v) is 1.93. The zero-order valence-corrected chi connectivity index (χ0v) is 11.3. The molecule has 0 aliphatic carbocycles. The molecular formula is C15H14ClNO2. The number of halogens is 1. The van der Waals surface area contributed by atoms with Crippen LogP contribution in [0.4, 0.5) is 5.69 Å². The summed E-state index contributed by atoms with van der Waals surface area (Å²) in [6.07, 6.45) is 0. The third-order valence-electron chi connectivity index (χ3n) is 2.69. The largest absolute Gasteiger partial charge is 0.457 e. The van der Waals surface area contributed by atoms with E-state index in [-0.39, 0.29) is 6.61 Å². The second-order valence-electron chi connectivity index (χ2n) is 4.30.